The first-order valence-electron chi connectivity index (χ1n) is 13.3. The summed E-state index contributed by atoms with van der Waals surface area (Å²) in [6.07, 6.45) is 1.62. The van der Waals surface area contributed by atoms with E-state index >= 15 is 0 Å². The second-order valence-electron chi connectivity index (χ2n) is 9.64. The van der Waals surface area contributed by atoms with Gasteiger partial charge in [-0.15, -0.1) is 0 Å². The summed E-state index contributed by atoms with van der Waals surface area (Å²) in [7, 11) is 0. The highest BCUT2D eigenvalue weighted by Crippen LogP contribution is 2.32. The minimum absolute atomic E-state index is 0. The molecule has 0 fully saturated rings. The Bertz CT molecular complexity index is 1760. The molecule has 0 unspecified atom stereocenters. The number of hydrogen-bond acceptors (Lipinski definition) is 6. The molecule has 0 radical (unpaired) electrons. The van der Waals surface area contributed by atoms with Crippen LogP contribution in [0.5, 0.6) is 5.75 Å². The second kappa shape index (κ2) is 15.3. The fraction of sp³-hybridized carbons (Fsp3) is 0.182. The van der Waals surface area contributed by atoms with Crippen molar-refractivity contribution in [3.05, 3.63) is 102 Å². The van der Waals surface area contributed by atoms with Gasteiger partial charge in [-0.05, 0) is 67.4 Å². The van der Waals surface area contributed by atoms with Gasteiger partial charge >= 0.3 is 6.03 Å². The van der Waals surface area contributed by atoms with Crippen molar-refractivity contribution in [3.8, 4) is 11.4 Å². The van der Waals surface area contributed by atoms with Crippen LogP contribution in [-0.4, -0.2) is 31.9 Å². The number of fused-ring (bicyclic) bond motifs is 1. The van der Waals surface area contributed by atoms with Gasteiger partial charge in [0.15, 0.2) is 0 Å². The summed E-state index contributed by atoms with van der Waals surface area (Å²) in [4.78, 5) is 37.7. The molecule has 3 N–H and O–H groups in total. The second-order valence-corrected chi connectivity index (χ2v) is 10.2. The van der Waals surface area contributed by atoms with Crippen molar-refractivity contribution < 1.29 is 19.1 Å². The Morgan fingerprint density at radius 2 is 1.55 bits per heavy atom. The molecular weight excluding hydrogens is 580 g/mol. The molecule has 3 aromatic carbocycles. The van der Waals surface area contributed by atoms with Crippen molar-refractivity contribution in [1.29, 1.82) is 0 Å². The van der Waals surface area contributed by atoms with Crippen LogP contribution in [0.4, 0.5) is 22.1 Å². The molecule has 0 spiro atoms. The molecule has 44 heavy (non-hydrogen) atoms. The highest BCUT2D eigenvalue weighted by Gasteiger charge is 2.14. The van der Waals surface area contributed by atoms with Gasteiger partial charge < -0.3 is 15.4 Å². The van der Waals surface area contributed by atoms with E-state index in [2.05, 4.69) is 37.6 Å². The Balaban J connectivity index is 0.000000998. The molecular formula is C33H35ClN6O4. The summed E-state index contributed by atoms with van der Waals surface area (Å²) in [5.41, 5.74) is 4.29. The molecule has 2 heterocycles. The number of aryl methyl sites for hydroxylation is 2. The topological polar surface area (TPSA) is 127 Å². The summed E-state index contributed by atoms with van der Waals surface area (Å²) < 4.78 is 7.82. The van der Waals surface area contributed by atoms with E-state index in [1.54, 1.807) is 16.9 Å². The number of nitrogens with one attached hydrogen (secondary N) is 3. The number of hydrogen-bond donors (Lipinski definition) is 3. The number of benzene rings is 3. The molecule has 0 aliphatic rings. The zero-order valence-corrected chi connectivity index (χ0v) is 24.9. The number of rotatable bonds is 7. The molecule has 11 heteroatoms. The minimum atomic E-state index is -0.385. The lowest BCUT2D eigenvalue weighted by molar-refractivity contribution is -0.114. The predicted molar refractivity (Wildman–Crippen MR) is 176 cm³/mol. The number of nitrogens with zero attached hydrogens (tertiary/aromatic N) is 3. The van der Waals surface area contributed by atoms with Gasteiger partial charge in [-0.3, -0.25) is 14.9 Å². The van der Waals surface area contributed by atoms with Gasteiger partial charge in [0.25, 0.3) is 0 Å². The first-order chi connectivity index (χ1) is 20.6. The average Bonchev–Trinajstić information content (AvgIpc) is 3.32. The Morgan fingerprint density at radius 3 is 2.23 bits per heavy atom. The summed E-state index contributed by atoms with van der Waals surface area (Å²) in [5, 5.41) is 14.4. The lowest BCUT2D eigenvalue weighted by Gasteiger charge is -2.15. The highest BCUT2D eigenvalue weighted by atomic mass is 35.5. The van der Waals surface area contributed by atoms with Gasteiger partial charge in [-0.25, -0.2) is 14.5 Å². The van der Waals surface area contributed by atoms with Crippen LogP contribution in [0, 0.1) is 13.8 Å². The third kappa shape index (κ3) is 9.14. The molecule has 3 amide bonds. The fourth-order valence-corrected chi connectivity index (χ4v) is 4.22. The molecule has 5 rings (SSSR count). The third-order valence-electron chi connectivity index (χ3n) is 6.01. The summed E-state index contributed by atoms with van der Waals surface area (Å²) >= 11 is 4.64. The van der Waals surface area contributed by atoms with E-state index in [0.29, 0.717) is 23.1 Å². The molecule has 228 valence electrons. The van der Waals surface area contributed by atoms with Crippen LogP contribution in [0.1, 0.15) is 38.1 Å². The lowest BCUT2D eigenvalue weighted by atomic mass is 10.1. The van der Waals surface area contributed by atoms with E-state index in [1.807, 2.05) is 86.6 Å². The minimum Gasteiger partial charge on any atom is -0.488 e. The van der Waals surface area contributed by atoms with E-state index in [1.165, 1.54) is 13.8 Å². The Hall–Kier alpha value is -5.22. The van der Waals surface area contributed by atoms with Crippen molar-refractivity contribution in [2.45, 2.75) is 41.7 Å². The van der Waals surface area contributed by atoms with Gasteiger partial charge in [-0.1, -0.05) is 49.4 Å². The molecule has 5 aromatic rings. The number of carbonyl (C=O) groups excluding carboxylic acids is 3. The van der Waals surface area contributed by atoms with E-state index in [4.69, 9.17) is 4.74 Å². The molecule has 0 aliphatic carbocycles. The number of pyridine rings is 1. The molecule has 0 aliphatic heterocycles. The number of aromatic nitrogens is 3. The van der Waals surface area contributed by atoms with Crippen molar-refractivity contribution in [3.63, 3.8) is 0 Å². The van der Waals surface area contributed by atoms with Gasteiger partial charge in [0.05, 0.1) is 17.1 Å². The van der Waals surface area contributed by atoms with Gasteiger partial charge in [0.1, 0.15) is 24.0 Å². The number of ether oxygens (including phenoxy) is 1. The Labute approximate surface area is 261 Å². The molecule has 2 aromatic heterocycles. The smallest absolute Gasteiger partial charge is 0.324 e. The molecule has 0 bridgehead atoms. The zero-order chi connectivity index (χ0) is 30.9. The first-order valence-corrected chi connectivity index (χ1v) is 13.7. The predicted octanol–water partition coefficient (Wildman–Crippen LogP) is 7.63. The number of halogens is 1. The van der Waals surface area contributed by atoms with Crippen LogP contribution in [0.2, 0.25) is 0 Å². The summed E-state index contributed by atoms with van der Waals surface area (Å²) in [6, 6.07) is 24.3. The summed E-state index contributed by atoms with van der Waals surface area (Å²) in [5.74, 6) is 1.52. The van der Waals surface area contributed by atoms with Crippen molar-refractivity contribution in [2.75, 3.05) is 16.0 Å². The quantitative estimate of drug-likeness (QED) is 0.162. The van der Waals surface area contributed by atoms with Crippen molar-refractivity contribution >= 4 is 56.9 Å². The van der Waals surface area contributed by atoms with Crippen LogP contribution in [0.3, 0.4) is 0 Å². The van der Waals surface area contributed by atoms with Crippen LogP contribution < -0.4 is 20.7 Å². The first kappa shape index (κ1) is 33.3. The number of amides is 3. The molecule has 0 saturated heterocycles. The zero-order valence-electron chi connectivity index (χ0n) is 24.1. The third-order valence-corrected chi connectivity index (χ3v) is 6.01. The normalized spacial score (nSPS) is 10.1. The van der Waals surface area contributed by atoms with Crippen LogP contribution in [0.25, 0.3) is 16.5 Å². The van der Waals surface area contributed by atoms with Crippen molar-refractivity contribution in [1.82, 2.24) is 14.8 Å². The largest absolute Gasteiger partial charge is 0.488 e. The van der Waals surface area contributed by atoms with Crippen LogP contribution in [0.15, 0.2) is 85.1 Å². The van der Waals surface area contributed by atoms with Gasteiger partial charge in [0.2, 0.25) is 11.1 Å². The van der Waals surface area contributed by atoms with Gasteiger partial charge in [-0.2, -0.15) is 5.10 Å². The van der Waals surface area contributed by atoms with E-state index in [-0.39, 0.29) is 31.2 Å². The Kier molecular flexibility index (Phi) is 11.6. The fourth-order valence-electron chi connectivity index (χ4n) is 4.22. The standard InChI is InChI=1S/C30H28N6O3.C2H3ClO.CH4/c1-19-8-10-23(11-9-19)36-29(16-20(2)35-36)34-30(38)33-26-12-13-27(25-7-5-4-6-24(25)26)39-18-22-14-15-31-28(17-22)32-21(3)37;1-2(3)4;/h4-17H,18H2,1-3H3,(H,31,32,37)(H2,33,34,38);1H3;1H4. The van der Waals surface area contributed by atoms with Crippen LogP contribution >= 0.6 is 11.6 Å². The van der Waals surface area contributed by atoms with E-state index in [9.17, 15) is 14.4 Å². The van der Waals surface area contributed by atoms with E-state index < -0.39 is 0 Å². The number of urea groups is 1. The highest BCUT2D eigenvalue weighted by molar-refractivity contribution is 6.62. The maximum Gasteiger partial charge on any atom is 0.324 e. The lowest BCUT2D eigenvalue weighted by Crippen LogP contribution is -2.21. The van der Waals surface area contributed by atoms with E-state index in [0.717, 1.165) is 33.3 Å². The number of anilines is 3. The van der Waals surface area contributed by atoms with Crippen molar-refractivity contribution in [2.24, 2.45) is 0 Å². The number of carbonyl (C=O) groups is 3. The average molecular weight is 615 g/mol. The molecule has 0 saturated carbocycles. The maximum atomic E-state index is 13.0. The molecule has 0 atom stereocenters. The van der Waals surface area contributed by atoms with Crippen LogP contribution in [-0.2, 0) is 16.2 Å². The Morgan fingerprint density at radius 1 is 0.864 bits per heavy atom. The maximum absolute atomic E-state index is 13.0. The SMILES string of the molecule is C.CC(=O)Cl.CC(=O)Nc1cc(COc2ccc(NC(=O)Nc3cc(C)nn3-c3ccc(C)cc3)c3ccccc23)ccn1. The molecule has 10 nitrogen and oxygen atoms in total. The monoisotopic (exact) mass is 614 g/mol. The summed E-state index contributed by atoms with van der Waals surface area (Å²) in [6.45, 7) is 6.92. The van der Waals surface area contributed by atoms with Gasteiger partial charge in [0, 0.05) is 36.9 Å².